The highest BCUT2D eigenvalue weighted by Gasteiger charge is 2.12. The third-order valence-corrected chi connectivity index (χ3v) is 5.02. The number of hydrogen-bond donors (Lipinski definition) is 2. The van der Waals surface area contributed by atoms with Gasteiger partial charge in [-0.2, -0.15) is 0 Å². The quantitative estimate of drug-likeness (QED) is 0.582. The molecule has 0 aliphatic rings. The maximum atomic E-state index is 12.0. The largest absolute Gasteiger partial charge is 0.456 e. The molecule has 0 saturated heterocycles. The zero-order chi connectivity index (χ0) is 20.7. The number of anilines is 2. The summed E-state index contributed by atoms with van der Waals surface area (Å²) in [5, 5.41) is 5.79. The van der Waals surface area contributed by atoms with Crippen molar-refractivity contribution in [2.24, 2.45) is 0 Å². The highest BCUT2D eigenvalue weighted by Crippen LogP contribution is 2.25. The summed E-state index contributed by atoms with van der Waals surface area (Å²) in [4.78, 5) is 35.6. The van der Waals surface area contributed by atoms with E-state index in [1.54, 1.807) is 18.2 Å². The molecule has 2 aromatic carbocycles. The third-order valence-electron chi connectivity index (χ3n) is 3.79. The van der Waals surface area contributed by atoms with Crippen LogP contribution in [-0.4, -0.2) is 24.4 Å². The Balaban J connectivity index is 1.73. The Hall–Kier alpha value is -2.38. The Kier molecular flexibility index (Phi) is 8.02. The van der Waals surface area contributed by atoms with Crippen molar-refractivity contribution in [1.82, 2.24) is 0 Å². The first-order valence-corrected chi connectivity index (χ1v) is 9.69. The van der Waals surface area contributed by atoms with E-state index >= 15 is 0 Å². The van der Waals surface area contributed by atoms with E-state index in [4.69, 9.17) is 16.3 Å². The number of esters is 1. The Morgan fingerprint density at radius 2 is 1.75 bits per heavy atom. The van der Waals surface area contributed by atoms with E-state index in [0.717, 1.165) is 11.1 Å². The summed E-state index contributed by atoms with van der Waals surface area (Å²) in [6.07, 6.45) is -0.149. The van der Waals surface area contributed by atoms with Gasteiger partial charge >= 0.3 is 5.97 Å². The van der Waals surface area contributed by atoms with Gasteiger partial charge in [-0.25, -0.2) is 0 Å². The summed E-state index contributed by atoms with van der Waals surface area (Å²) in [6, 6.07) is 10.7. The molecule has 2 aromatic rings. The lowest BCUT2D eigenvalue weighted by Gasteiger charge is -2.10. The summed E-state index contributed by atoms with van der Waals surface area (Å²) >= 11 is 9.21. The molecule has 2 N–H and O–H groups in total. The summed E-state index contributed by atoms with van der Waals surface area (Å²) in [5.74, 6) is -1.41. The van der Waals surface area contributed by atoms with Crippen molar-refractivity contribution in [2.75, 3.05) is 17.2 Å². The molecule has 6 nitrogen and oxygen atoms in total. The molecule has 0 saturated carbocycles. The standard InChI is InChI=1S/C20H20BrClN2O4/c1-12-3-4-13(2)17(9-12)24-18(25)7-8-20(27)28-11-19(26)23-14-5-6-15(21)16(22)10-14/h3-6,9-10H,7-8,11H2,1-2H3,(H,23,26)(H,24,25). The van der Waals surface area contributed by atoms with Crippen LogP contribution in [0.3, 0.4) is 0 Å². The normalized spacial score (nSPS) is 10.3. The van der Waals surface area contributed by atoms with Crippen molar-refractivity contribution in [3.8, 4) is 0 Å². The zero-order valence-corrected chi connectivity index (χ0v) is 17.8. The van der Waals surface area contributed by atoms with Gasteiger partial charge in [-0.3, -0.25) is 14.4 Å². The molecule has 0 aromatic heterocycles. The van der Waals surface area contributed by atoms with Gasteiger partial charge in [0.2, 0.25) is 5.91 Å². The van der Waals surface area contributed by atoms with Crippen molar-refractivity contribution in [2.45, 2.75) is 26.7 Å². The maximum Gasteiger partial charge on any atom is 0.306 e. The molecule has 0 aliphatic carbocycles. The van der Waals surface area contributed by atoms with Gasteiger partial charge in [0, 0.05) is 22.3 Å². The summed E-state index contributed by atoms with van der Waals surface area (Å²) in [5.41, 5.74) is 3.16. The van der Waals surface area contributed by atoms with Gasteiger partial charge < -0.3 is 15.4 Å². The Labute approximate surface area is 176 Å². The van der Waals surface area contributed by atoms with Crippen molar-refractivity contribution < 1.29 is 19.1 Å². The van der Waals surface area contributed by atoms with Crippen LogP contribution >= 0.6 is 27.5 Å². The second-order valence-corrected chi connectivity index (χ2v) is 7.47. The van der Waals surface area contributed by atoms with Gasteiger partial charge in [-0.1, -0.05) is 23.7 Å². The topological polar surface area (TPSA) is 84.5 Å². The molecule has 0 aliphatic heterocycles. The molecular weight excluding hydrogens is 448 g/mol. The second kappa shape index (κ2) is 10.2. The fraction of sp³-hybridized carbons (Fsp3) is 0.250. The van der Waals surface area contributed by atoms with Crippen LogP contribution in [0.2, 0.25) is 5.02 Å². The van der Waals surface area contributed by atoms with Crippen LogP contribution in [0, 0.1) is 13.8 Å². The minimum atomic E-state index is -0.625. The zero-order valence-electron chi connectivity index (χ0n) is 15.5. The van der Waals surface area contributed by atoms with Crippen molar-refractivity contribution in [3.63, 3.8) is 0 Å². The van der Waals surface area contributed by atoms with Crippen LogP contribution < -0.4 is 10.6 Å². The average Bonchev–Trinajstić information content (AvgIpc) is 2.64. The molecule has 0 heterocycles. The van der Waals surface area contributed by atoms with E-state index in [1.807, 2.05) is 32.0 Å². The molecule has 0 fully saturated rings. The minimum absolute atomic E-state index is 0.0316. The molecule has 8 heteroatoms. The molecule has 0 atom stereocenters. The highest BCUT2D eigenvalue weighted by molar-refractivity contribution is 9.10. The van der Waals surface area contributed by atoms with Crippen LogP contribution in [0.5, 0.6) is 0 Å². The molecule has 0 unspecified atom stereocenters. The summed E-state index contributed by atoms with van der Waals surface area (Å²) < 4.78 is 5.61. The smallest absolute Gasteiger partial charge is 0.306 e. The number of benzene rings is 2. The number of halogens is 2. The lowest BCUT2D eigenvalue weighted by molar-refractivity contribution is -0.147. The van der Waals surface area contributed by atoms with Crippen LogP contribution in [0.4, 0.5) is 11.4 Å². The van der Waals surface area contributed by atoms with Gasteiger partial charge in [0.05, 0.1) is 11.4 Å². The Morgan fingerprint density at radius 3 is 2.46 bits per heavy atom. The van der Waals surface area contributed by atoms with E-state index in [2.05, 4.69) is 26.6 Å². The number of amides is 2. The molecule has 0 bridgehead atoms. The SMILES string of the molecule is Cc1ccc(C)c(NC(=O)CCC(=O)OCC(=O)Nc2ccc(Br)c(Cl)c2)c1. The highest BCUT2D eigenvalue weighted by atomic mass is 79.9. The maximum absolute atomic E-state index is 12.0. The molecule has 148 valence electrons. The Bertz CT molecular complexity index is 902. The van der Waals surface area contributed by atoms with Crippen molar-refractivity contribution >= 4 is 56.7 Å². The first-order valence-electron chi connectivity index (χ1n) is 8.52. The first-order chi connectivity index (χ1) is 13.2. The third kappa shape index (κ3) is 6.98. The minimum Gasteiger partial charge on any atom is -0.456 e. The van der Waals surface area contributed by atoms with Crippen LogP contribution in [0.1, 0.15) is 24.0 Å². The number of rotatable bonds is 7. The van der Waals surface area contributed by atoms with Gasteiger partial charge in [0.1, 0.15) is 0 Å². The number of nitrogens with one attached hydrogen (secondary N) is 2. The van der Waals surface area contributed by atoms with Crippen molar-refractivity contribution in [1.29, 1.82) is 0 Å². The monoisotopic (exact) mass is 466 g/mol. The summed E-state index contributed by atoms with van der Waals surface area (Å²) in [7, 11) is 0. The van der Waals surface area contributed by atoms with E-state index in [1.165, 1.54) is 0 Å². The molecule has 0 spiro atoms. The number of ether oxygens (including phenoxy) is 1. The van der Waals surface area contributed by atoms with E-state index in [0.29, 0.717) is 20.9 Å². The summed E-state index contributed by atoms with van der Waals surface area (Å²) in [6.45, 7) is 3.38. The molecular formula is C20H20BrClN2O4. The van der Waals surface area contributed by atoms with Crippen LogP contribution in [0.15, 0.2) is 40.9 Å². The Morgan fingerprint density at radius 1 is 1.00 bits per heavy atom. The fourth-order valence-electron chi connectivity index (χ4n) is 2.29. The van der Waals surface area contributed by atoms with E-state index in [-0.39, 0.29) is 18.7 Å². The number of carbonyl (C=O) groups is 3. The molecule has 0 radical (unpaired) electrons. The second-order valence-electron chi connectivity index (χ2n) is 6.20. The number of carbonyl (C=O) groups excluding carboxylic acids is 3. The molecule has 2 rings (SSSR count). The van der Waals surface area contributed by atoms with Gasteiger partial charge in [-0.05, 0) is 65.2 Å². The lowest BCUT2D eigenvalue weighted by Crippen LogP contribution is -2.21. The fourth-order valence-corrected chi connectivity index (χ4v) is 2.72. The van der Waals surface area contributed by atoms with E-state index in [9.17, 15) is 14.4 Å². The number of aryl methyl sites for hydroxylation is 2. The van der Waals surface area contributed by atoms with Crippen LogP contribution in [0.25, 0.3) is 0 Å². The lowest BCUT2D eigenvalue weighted by atomic mass is 10.1. The van der Waals surface area contributed by atoms with Gasteiger partial charge in [0.25, 0.3) is 5.91 Å². The van der Waals surface area contributed by atoms with Crippen molar-refractivity contribution in [3.05, 3.63) is 57.0 Å². The molecule has 2 amide bonds. The first kappa shape index (κ1) is 21.9. The van der Waals surface area contributed by atoms with Gasteiger partial charge in [0.15, 0.2) is 6.61 Å². The van der Waals surface area contributed by atoms with Crippen LogP contribution in [-0.2, 0) is 19.1 Å². The predicted molar refractivity (Wildman–Crippen MR) is 113 cm³/mol. The van der Waals surface area contributed by atoms with Gasteiger partial charge in [-0.15, -0.1) is 0 Å². The average molecular weight is 468 g/mol. The predicted octanol–water partition coefficient (Wildman–Crippen LogP) is 4.62. The number of hydrogen-bond acceptors (Lipinski definition) is 4. The van der Waals surface area contributed by atoms with E-state index < -0.39 is 18.5 Å². The molecule has 28 heavy (non-hydrogen) atoms.